The van der Waals surface area contributed by atoms with Crippen molar-refractivity contribution < 1.29 is 18.7 Å². The molecule has 30 heavy (non-hydrogen) atoms. The highest BCUT2D eigenvalue weighted by molar-refractivity contribution is 6.05. The lowest BCUT2D eigenvalue weighted by Crippen LogP contribution is -2.11. The van der Waals surface area contributed by atoms with Crippen LogP contribution in [0.15, 0.2) is 65.1 Å². The van der Waals surface area contributed by atoms with E-state index in [1.54, 1.807) is 38.5 Å². The molecule has 0 bridgehead atoms. The number of hydrogen-bond acceptors (Lipinski definition) is 5. The van der Waals surface area contributed by atoms with Crippen LogP contribution in [0.4, 0.5) is 5.69 Å². The minimum absolute atomic E-state index is 0.166. The molecule has 3 aromatic carbocycles. The Morgan fingerprint density at radius 1 is 0.967 bits per heavy atom. The number of anilines is 1. The van der Waals surface area contributed by atoms with Gasteiger partial charge in [-0.3, -0.25) is 4.79 Å². The number of amides is 1. The summed E-state index contributed by atoms with van der Waals surface area (Å²) in [7, 11) is 3.17. The average Bonchev–Trinajstić information content (AvgIpc) is 3.22. The predicted octanol–water partition coefficient (Wildman–Crippen LogP) is 5.33. The molecule has 0 aliphatic carbocycles. The van der Waals surface area contributed by atoms with Gasteiger partial charge < -0.3 is 19.2 Å². The molecule has 6 nitrogen and oxygen atoms in total. The highest BCUT2D eigenvalue weighted by Gasteiger charge is 2.13. The minimum atomic E-state index is -0.166. The van der Waals surface area contributed by atoms with E-state index in [4.69, 9.17) is 13.9 Å². The van der Waals surface area contributed by atoms with Gasteiger partial charge >= 0.3 is 0 Å². The van der Waals surface area contributed by atoms with Crippen molar-refractivity contribution >= 4 is 22.7 Å². The van der Waals surface area contributed by atoms with Crippen molar-refractivity contribution in [2.45, 2.75) is 13.3 Å². The van der Waals surface area contributed by atoms with Crippen molar-refractivity contribution in [2.24, 2.45) is 0 Å². The van der Waals surface area contributed by atoms with E-state index in [0.29, 0.717) is 39.7 Å². The van der Waals surface area contributed by atoms with E-state index >= 15 is 0 Å². The lowest BCUT2D eigenvalue weighted by Gasteiger charge is -2.07. The number of aromatic nitrogens is 1. The number of aryl methyl sites for hydroxylation is 1. The smallest absolute Gasteiger partial charge is 0.255 e. The van der Waals surface area contributed by atoms with Crippen LogP contribution in [0, 0.1) is 0 Å². The Kier molecular flexibility index (Phi) is 5.39. The van der Waals surface area contributed by atoms with Gasteiger partial charge in [0.25, 0.3) is 5.91 Å². The second-order valence-corrected chi connectivity index (χ2v) is 6.78. The second kappa shape index (κ2) is 8.29. The Hall–Kier alpha value is -3.80. The first kappa shape index (κ1) is 19.5. The van der Waals surface area contributed by atoms with Crippen LogP contribution < -0.4 is 14.8 Å². The number of nitrogens with zero attached hydrogens (tertiary/aromatic N) is 1. The highest BCUT2D eigenvalue weighted by Crippen LogP contribution is 2.33. The fourth-order valence-electron chi connectivity index (χ4n) is 3.19. The molecule has 1 N–H and O–H groups in total. The monoisotopic (exact) mass is 402 g/mol. The predicted molar refractivity (Wildman–Crippen MR) is 116 cm³/mol. The molecule has 4 aromatic rings. The maximum absolute atomic E-state index is 12.5. The van der Waals surface area contributed by atoms with E-state index in [2.05, 4.69) is 17.2 Å². The average molecular weight is 402 g/mol. The van der Waals surface area contributed by atoms with E-state index in [1.807, 2.05) is 36.4 Å². The zero-order valence-corrected chi connectivity index (χ0v) is 17.1. The normalized spacial score (nSPS) is 10.8. The zero-order chi connectivity index (χ0) is 21.1. The first-order chi connectivity index (χ1) is 14.6. The number of fused-ring (bicyclic) bond motifs is 1. The number of benzene rings is 3. The Morgan fingerprint density at radius 2 is 1.73 bits per heavy atom. The largest absolute Gasteiger partial charge is 0.493 e. The third kappa shape index (κ3) is 3.85. The lowest BCUT2D eigenvalue weighted by molar-refractivity contribution is 0.102. The molecule has 6 heteroatoms. The molecule has 0 saturated heterocycles. The summed E-state index contributed by atoms with van der Waals surface area (Å²) in [4.78, 5) is 17.1. The van der Waals surface area contributed by atoms with Gasteiger partial charge in [0.2, 0.25) is 5.89 Å². The first-order valence-electron chi connectivity index (χ1n) is 9.64. The molecule has 0 aliphatic heterocycles. The van der Waals surface area contributed by atoms with Gasteiger partial charge in [0.15, 0.2) is 17.1 Å². The van der Waals surface area contributed by atoms with Crippen LogP contribution in [0.1, 0.15) is 22.8 Å². The molecule has 0 unspecified atom stereocenters. The van der Waals surface area contributed by atoms with E-state index in [0.717, 1.165) is 12.0 Å². The summed E-state index contributed by atoms with van der Waals surface area (Å²) < 4.78 is 16.5. The third-order valence-corrected chi connectivity index (χ3v) is 4.90. The van der Waals surface area contributed by atoms with Gasteiger partial charge in [-0.1, -0.05) is 19.1 Å². The van der Waals surface area contributed by atoms with Crippen LogP contribution in [0.2, 0.25) is 0 Å². The van der Waals surface area contributed by atoms with Gasteiger partial charge in [-0.25, -0.2) is 4.98 Å². The van der Waals surface area contributed by atoms with Crippen LogP contribution in [0.25, 0.3) is 22.6 Å². The Labute approximate surface area is 174 Å². The van der Waals surface area contributed by atoms with E-state index < -0.39 is 0 Å². The van der Waals surface area contributed by atoms with Crippen LogP contribution in [0.5, 0.6) is 11.5 Å². The highest BCUT2D eigenvalue weighted by atomic mass is 16.5. The molecule has 0 aliphatic rings. The number of oxazole rings is 1. The number of methoxy groups -OCH3 is 2. The van der Waals surface area contributed by atoms with E-state index in [-0.39, 0.29) is 5.91 Å². The maximum atomic E-state index is 12.5. The van der Waals surface area contributed by atoms with Crippen LogP contribution in [0.3, 0.4) is 0 Å². The van der Waals surface area contributed by atoms with Gasteiger partial charge in [-0.05, 0) is 60.5 Å². The van der Waals surface area contributed by atoms with Gasteiger partial charge in [0, 0.05) is 16.8 Å². The van der Waals surface area contributed by atoms with Crippen LogP contribution >= 0.6 is 0 Å². The van der Waals surface area contributed by atoms with Crippen LogP contribution in [-0.2, 0) is 6.42 Å². The summed E-state index contributed by atoms with van der Waals surface area (Å²) in [5.74, 6) is 1.53. The number of carbonyl (C=O) groups excluding carboxylic acids is 1. The fourth-order valence-corrected chi connectivity index (χ4v) is 3.19. The summed E-state index contributed by atoms with van der Waals surface area (Å²) in [5.41, 5.74) is 4.51. The Balaban J connectivity index is 1.58. The number of carbonyl (C=O) groups is 1. The van der Waals surface area contributed by atoms with Gasteiger partial charge in [-0.2, -0.15) is 0 Å². The molecule has 1 aromatic heterocycles. The van der Waals surface area contributed by atoms with Crippen LogP contribution in [-0.4, -0.2) is 25.1 Å². The minimum Gasteiger partial charge on any atom is -0.493 e. The SMILES string of the molecule is CCc1ccc(C(=O)Nc2ccc3oc(-c4ccc(OC)c(OC)c4)nc3c2)cc1. The standard InChI is InChI=1S/C24H22N2O4/c1-4-15-5-7-16(8-6-15)23(27)25-18-10-12-20-19(14-18)26-24(30-20)17-9-11-21(28-2)22(13-17)29-3/h5-14H,4H2,1-3H3,(H,25,27). The van der Waals surface area contributed by atoms with E-state index in [9.17, 15) is 4.79 Å². The number of nitrogens with one attached hydrogen (secondary N) is 1. The topological polar surface area (TPSA) is 73.6 Å². The Bertz CT molecular complexity index is 1200. The number of ether oxygens (including phenoxy) is 2. The summed E-state index contributed by atoms with van der Waals surface area (Å²) in [6.07, 6.45) is 0.938. The summed E-state index contributed by atoms with van der Waals surface area (Å²) >= 11 is 0. The molecule has 0 saturated carbocycles. The summed E-state index contributed by atoms with van der Waals surface area (Å²) in [5, 5.41) is 2.91. The molecule has 0 fully saturated rings. The van der Waals surface area contributed by atoms with Crippen molar-refractivity contribution in [1.82, 2.24) is 4.98 Å². The third-order valence-electron chi connectivity index (χ3n) is 4.90. The molecule has 0 atom stereocenters. The summed E-state index contributed by atoms with van der Waals surface area (Å²) in [6, 6.07) is 18.4. The lowest BCUT2D eigenvalue weighted by atomic mass is 10.1. The molecular weight excluding hydrogens is 380 g/mol. The number of rotatable bonds is 6. The van der Waals surface area contributed by atoms with Gasteiger partial charge in [-0.15, -0.1) is 0 Å². The molecule has 1 heterocycles. The first-order valence-corrected chi connectivity index (χ1v) is 9.64. The second-order valence-electron chi connectivity index (χ2n) is 6.78. The number of hydrogen-bond donors (Lipinski definition) is 1. The summed E-state index contributed by atoms with van der Waals surface area (Å²) in [6.45, 7) is 2.08. The van der Waals surface area contributed by atoms with Gasteiger partial charge in [0.05, 0.1) is 14.2 Å². The van der Waals surface area contributed by atoms with Crippen molar-refractivity contribution in [3.05, 3.63) is 71.8 Å². The van der Waals surface area contributed by atoms with Crippen molar-refractivity contribution in [2.75, 3.05) is 19.5 Å². The fraction of sp³-hybridized carbons (Fsp3) is 0.167. The molecule has 0 spiro atoms. The quantitative estimate of drug-likeness (QED) is 0.472. The van der Waals surface area contributed by atoms with Crippen molar-refractivity contribution in [3.8, 4) is 23.0 Å². The molecule has 1 amide bonds. The molecule has 152 valence electrons. The molecule has 0 radical (unpaired) electrons. The molecule has 4 rings (SSSR count). The van der Waals surface area contributed by atoms with Crippen molar-refractivity contribution in [3.63, 3.8) is 0 Å². The zero-order valence-electron chi connectivity index (χ0n) is 17.1. The van der Waals surface area contributed by atoms with E-state index in [1.165, 1.54) is 5.56 Å². The van der Waals surface area contributed by atoms with Gasteiger partial charge in [0.1, 0.15) is 5.52 Å². The van der Waals surface area contributed by atoms with Crippen molar-refractivity contribution in [1.29, 1.82) is 0 Å². The maximum Gasteiger partial charge on any atom is 0.255 e. The Morgan fingerprint density at radius 3 is 2.43 bits per heavy atom. The molecular formula is C24H22N2O4.